The molecule has 3 heterocycles. The van der Waals surface area contributed by atoms with Crippen molar-refractivity contribution in [3.05, 3.63) is 33.9 Å². The van der Waals surface area contributed by atoms with Crippen LogP contribution in [0.5, 0.6) is 0 Å². The van der Waals surface area contributed by atoms with Crippen LogP contribution in [0.25, 0.3) is 11.0 Å². The van der Waals surface area contributed by atoms with E-state index in [4.69, 9.17) is 16.7 Å². The van der Waals surface area contributed by atoms with Gasteiger partial charge >= 0.3 is 0 Å². The van der Waals surface area contributed by atoms with Crippen LogP contribution in [-0.2, 0) is 13.1 Å². The molecule has 0 aliphatic rings. The van der Waals surface area contributed by atoms with E-state index in [0.717, 1.165) is 26.1 Å². The third-order valence-corrected chi connectivity index (χ3v) is 4.32. The maximum atomic E-state index is 9.05. The van der Waals surface area contributed by atoms with Crippen molar-refractivity contribution in [3.63, 3.8) is 0 Å². The van der Waals surface area contributed by atoms with Gasteiger partial charge in [0.05, 0.1) is 35.6 Å². The zero-order valence-electron chi connectivity index (χ0n) is 11.4. The Hall–Kier alpha value is -1.70. The van der Waals surface area contributed by atoms with Gasteiger partial charge < -0.3 is 10.0 Å². The van der Waals surface area contributed by atoms with Crippen molar-refractivity contribution in [1.82, 2.24) is 19.7 Å². The van der Waals surface area contributed by atoms with Crippen LogP contribution in [0.3, 0.4) is 0 Å². The van der Waals surface area contributed by atoms with E-state index in [1.54, 1.807) is 22.2 Å². The van der Waals surface area contributed by atoms with Crippen LogP contribution < -0.4 is 4.90 Å². The lowest BCUT2D eigenvalue weighted by Crippen LogP contribution is -2.17. The van der Waals surface area contributed by atoms with Gasteiger partial charge in [0.25, 0.3) is 0 Å². The first-order chi connectivity index (χ1) is 10.2. The monoisotopic (exact) mass is 323 g/mol. The van der Waals surface area contributed by atoms with E-state index in [-0.39, 0.29) is 6.61 Å². The van der Waals surface area contributed by atoms with Crippen molar-refractivity contribution >= 4 is 39.8 Å². The van der Waals surface area contributed by atoms with Gasteiger partial charge in [0.2, 0.25) is 0 Å². The number of hydrogen-bond donors (Lipinski definition) is 1. The Morgan fingerprint density at radius 1 is 1.38 bits per heavy atom. The van der Waals surface area contributed by atoms with Crippen molar-refractivity contribution in [1.29, 1.82) is 0 Å². The molecule has 6 nitrogen and oxygen atoms in total. The lowest BCUT2D eigenvalue weighted by Gasteiger charge is -2.17. The van der Waals surface area contributed by atoms with Crippen molar-refractivity contribution in [2.75, 3.05) is 18.6 Å². The summed E-state index contributed by atoms with van der Waals surface area (Å²) >= 11 is 7.52. The predicted molar refractivity (Wildman–Crippen MR) is 83.8 cm³/mol. The highest BCUT2D eigenvalue weighted by Gasteiger charge is 2.13. The summed E-state index contributed by atoms with van der Waals surface area (Å²) in [5.41, 5.74) is 0.727. The molecule has 0 radical (unpaired) electrons. The number of aliphatic hydroxyl groups excluding tert-OH is 1. The maximum absolute atomic E-state index is 9.05. The molecule has 0 spiro atoms. The first-order valence-corrected chi connectivity index (χ1v) is 7.61. The summed E-state index contributed by atoms with van der Waals surface area (Å²) in [6, 6.07) is 3.90. The molecule has 0 bridgehead atoms. The molecule has 1 N–H and O–H groups in total. The number of thiophene rings is 1. The molecule has 0 fully saturated rings. The Morgan fingerprint density at radius 2 is 2.24 bits per heavy atom. The molecule has 0 atom stereocenters. The van der Waals surface area contributed by atoms with Gasteiger partial charge in [-0.3, -0.25) is 0 Å². The van der Waals surface area contributed by atoms with Crippen LogP contribution in [0, 0.1) is 0 Å². The first kappa shape index (κ1) is 14.2. The number of aliphatic hydroxyl groups is 1. The minimum atomic E-state index is 0.0274. The topological polar surface area (TPSA) is 67.1 Å². The van der Waals surface area contributed by atoms with Gasteiger partial charge in [-0.05, 0) is 12.1 Å². The second kappa shape index (κ2) is 5.97. The van der Waals surface area contributed by atoms with E-state index in [9.17, 15) is 0 Å². The Morgan fingerprint density at radius 3 is 2.95 bits per heavy atom. The molecule has 3 aromatic heterocycles. The van der Waals surface area contributed by atoms with Crippen molar-refractivity contribution in [3.8, 4) is 0 Å². The van der Waals surface area contributed by atoms with Gasteiger partial charge in [-0.2, -0.15) is 5.10 Å². The zero-order valence-corrected chi connectivity index (χ0v) is 13.0. The molecule has 8 heteroatoms. The van der Waals surface area contributed by atoms with Gasteiger partial charge in [0.1, 0.15) is 12.1 Å². The van der Waals surface area contributed by atoms with Gasteiger partial charge in [-0.1, -0.05) is 11.6 Å². The molecule has 0 saturated heterocycles. The molecule has 0 amide bonds. The van der Waals surface area contributed by atoms with Crippen LogP contribution in [0.4, 0.5) is 5.82 Å². The SMILES string of the molecule is CN(Cc1ccc(Cl)s1)c1ncnc2c1cnn2CCO. The predicted octanol–water partition coefficient (Wildman–Crippen LogP) is 2.17. The Labute approximate surface area is 130 Å². The Balaban J connectivity index is 1.92. The van der Waals surface area contributed by atoms with Crippen molar-refractivity contribution in [2.24, 2.45) is 0 Å². The fourth-order valence-corrected chi connectivity index (χ4v) is 3.33. The average molecular weight is 324 g/mol. The number of aromatic nitrogens is 4. The minimum Gasteiger partial charge on any atom is -0.394 e. The van der Waals surface area contributed by atoms with Crippen molar-refractivity contribution < 1.29 is 5.11 Å². The summed E-state index contributed by atoms with van der Waals surface area (Å²) < 4.78 is 2.46. The second-order valence-corrected chi connectivity index (χ2v) is 6.39. The van der Waals surface area contributed by atoms with Gasteiger partial charge in [0.15, 0.2) is 5.65 Å². The molecule has 0 unspecified atom stereocenters. The van der Waals surface area contributed by atoms with Gasteiger partial charge in [-0.15, -0.1) is 11.3 Å². The molecule has 3 aromatic rings. The Bertz CT molecular complexity index is 756. The molecular formula is C13H14ClN5OS. The number of halogens is 1. The molecule has 0 saturated carbocycles. The maximum Gasteiger partial charge on any atom is 0.163 e. The highest BCUT2D eigenvalue weighted by Crippen LogP contribution is 2.26. The van der Waals surface area contributed by atoms with Gasteiger partial charge in [-0.25, -0.2) is 14.6 Å². The largest absolute Gasteiger partial charge is 0.394 e. The number of nitrogens with zero attached hydrogens (tertiary/aromatic N) is 5. The normalized spacial score (nSPS) is 11.2. The molecule has 0 aliphatic carbocycles. The first-order valence-electron chi connectivity index (χ1n) is 6.42. The third kappa shape index (κ3) is 2.85. The summed E-state index contributed by atoms with van der Waals surface area (Å²) in [5.74, 6) is 0.814. The summed E-state index contributed by atoms with van der Waals surface area (Å²) in [6.45, 7) is 1.17. The number of rotatable bonds is 5. The fraction of sp³-hybridized carbons (Fsp3) is 0.308. The highest BCUT2D eigenvalue weighted by atomic mass is 35.5. The smallest absolute Gasteiger partial charge is 0.163 e. The van der Waals surface area contributed by atoms with E-state index in [1.807, 2.05) is 24.1 Å². The quantitative estimate of drug-likeness (QED) is 0.779. The summed E-state index contributed by atoms with van der Waals surface area (Å²) in [5, 5.41) is 14.2. The van der Waals surface area contributed by atoms with Crippen LogP contribution in [0.1, 0.15) is 4.88 Å². The van der Waals surface area contributed by atoms with E-state index < -0.39 is 0 Å². The lowest BCUT2D eigenvalue weighted by atomic mass is 10.3. The molecular weight excluding hydrogens is 310 g/mol. The standard InChI is InChI=1S/C13H14ClN5OS/c1-18(7-9-2-3-11(14)21-9)12-10-6-17-19(4-5-20)13(10)16-8-15-12/h2-3,6,8,20H,4-5,7H2,1H3. The molecule has 0 aromatic carbocycles. The summed E-state index contributed by atoms with van der Waals surface area (Å²) in [6.07, 6.45) is 3.25. The molecule has 3 rings (SSSR count). The number of anilines is 1. The van der Waals surface area contributed by atoms with Crippen LogP contribution in [0.2, 0.25) is 4.34 Å². The third-order valence-electron chi connectivity index (χ3n) is 3.11. The summed E-state index contributed by atoms with van der Waals surface area (Å²) in [7, 11) is 1.97. The average Bonchev–Trinajstić information content (AvgIpc) is 3.06. The second-order valence-electron chi connectivity index (χ2n) is 4.59. The van der Waals surface area contributed by atoms with Crippen LogP contribution in [0.15, 0.2) is 24.7 Å². The van der Waals surface area contributed by atoms with E-state index in [2.05, 4.69) is 15.1 Å². The zero-order chi connectivity index (χ0) is 14.8. The molecule has 110 valence electrons. The number of hydrogen-bond acceptors (Lipinski definition) is 6. The van der Waals surface area contributed by atoms with E-state index >= 15 is 0 Å². The van der Waals surface area contributed by atoms with E-state index in [0.29, 0.717) is 13.1 Å². The lowest BCUT2D eigenvalue weighted by molar-refractivity contribution is 0.271. The van der Waals surface area contributed by atoms with Gasteiger partial charge in [0, 0.05) is 11.9 Å². The molecule has 0 aliphatic heterocycles. The number of fused-ring (bicyclic) bond motifs is 1. The van der Waals surface area contributed by atoms with Crippen LogP contribution >= 0.6 is 22.9 Å². The van der Waals surface area contributed by atoms with Crippen LogP contribution in [-0.4, -0.2) is 38.5 Å². The fourth-order valence-electron chi connectivity index (χ4n) is 2.19. The van der Waals surface area contributed by atoms with E-state index in [1.165, 1.54) is 6.33 Å². The Kier molecular flexibility index (Phi) is 4.05. The summed E-state index contributed by atoms with van der Waals surface area (Å²) in [4.78, 5) is 11.8. The highest BCUT2D eigenvalue weighted by molar-refractivity contribution is 7.16. The van der Waals surface area contributed by atoms with Crippen molar-refractivity contribution in [2.45, 2.75) is 13.1 Å². The molecule has 21 heavy (non-hydrogen) atoms. The minimum absolute atomic E-state index is 0.0274.